The Balaban J connectivity index is 2.19. The van der Waals surface area contributed by atoms with Crippen LogP contribution in [0.2, 0.25) is 5.02 Å². The van der Waals surface area contributed by atoms with E-state index in [2.05, 4.69) is 4.98 Å². The summed E-state index contributed by atoms with van der Waals surface area (Å²) < 4.78 is 1.61. The van der Waals surface area contributed by atoms with Crippen molar-refractivity contribution in [1.82, 2.24) is 9.55 Å². The van der Waals surface area contributed by atoms with Crippen LogP contribution in [0.5, 0.6) is 5.75 Å². The molecule has 1 aromatic heterocycles. The second-order valence-electron chi connectivity index (χ2n) is 5.53. The van der Waals surface area contributed by atoms with Gasteiger partial charge in [0.25, 0.3) is 5.56 Å². The number of hydrogen-bond donors (Lipinski definition) is 1. The molecule has 0 bridgehead atoms. The average molecular weight is 330 g/mol. The van der Waals surface area contributed by atoms with Gasteiger partial charge in [-0.25, -0.2) is 4.98 Å². The Morgan fingerprint density at radius 1 is 1.17 bits per heavy atom. The molecule has 0 radical (unpaired) electrons. The van der Waals surface area contributed by atoms with E-state index < -0.39 is 0 Å². The van der Waals surface area contributed by atoms with E-state index in [1.807, 2.05) is 26.2 Å². The Kier molecular flexibility index (Phi) is 3.96. The first kappa shape index (κ1) is 15.4. The van der Waals surface area contributed by atoms with E-state index in [-0.39, 0.29) is 11.3 Å². The second-order valence-corrected chi connectivity index (χ2v) is 5.96. The van der Waals surface area contributed by atoms with Crippen molar-refractivity contribution in [3.63, 3.8) is 0 Å². The summed E-state index contributed by atoms with van der Waals surface area (Å²) in [5.74, 6) is 0.618. The molecular weight excluding hydrogens is 314 g/mol. The van der Waals surface area contributed by atoms with Crippen molar-refractivity contribution >= 4 is 28.5 Å². The summed E-state index contributed by atoms with van der Waals surface area (Å²) in [6, 6.07) is 11.9. The van der Waals surface area contributed by atoms with E-state index in [1.54, 1.807) is 27.7 Å². The van der Waals surface area contributed by atoms with Gasteiger partial charge in [-0.2, -0.15) is 0 Å². The maximum Gasteiger partial charge on any atom is 0.263 e. The van der Waals surface area contributed by atoms with Crippen LogP contribution < -0.4 is 10.5 Å². The van der Waals surface area contributed by atoms with E-state index in [0.29, 0.717) is 28.4 Å². The second kappa shape index (κ2) is 5.93. The summed E-state index contributed by atoms with van der Waals surface area (Å²) in [7, 11) is 3.66. The average Bonchev–Trinajstić information content (AvgIpc) is 2.51. The van der Waals surface area contributed by atoms with E-state index in [0.717, 1.165) is 5.56 Å². The topological polar surface area (TPSA) is 58.4 Å². The lowest BCUT2D eigenvalue weighted by molar-refractivity contribution is 0.476. The molecule has 0 aliphatic rings. The van der Waals surface area contributed by atoms with Gasteiger partial charge in [-0.15, -0.1) is 0 Å². The Labute approximate surface area is 138 Å². The molecule has 0 spiro atoms. The Bertz CT molecular complexity index is 918. The minimum Gasteiger partial charge on any atom is -0.508 e. The van der Waals surface area contributed by atoms with Gasteiger partial charge in [-0.05, 0) is 29.8 Å². The highest BCUT2D eigenvalue weighted by Gasteiger charge is 2.13. The Morgan fingerprint density at radius 2 is 1.87 bits per heavy atom. The molecule has 23 heavy (non-hydrogen) atoms. The monoisotopic (exact) mass is 329 g/mol. The summed E-state index contributed by atoms with van der Waals surface area (Å²) in [6.45, 7) is 0.396. The molecule has 3 aromatic rings. The van der Waals surface area contributed by atoms with Crippen LogP contribution in [0.4, 0.5) is 5.95 Å². The van der Waals surface area contributed by atoms with Gasteiger partial charge in [-0.1, -0.05) is 23.7 Å². The van der Waals surface area contributed by atoms with Gasteiger partial charge in [0, 0.05) is 25.2 Å². The number of fused-ring (bicyclic) bond motifs is 1. The smallest absolute Gasteiger partial charge is 0.263 e. The molecule has 0 aliphatic heterocycles. The van der Waals surface area contributed by atoms with Crippen molar-refractivity contribution in [3.05, 3.63) is 63.4 Å². The first-order valence-electron chi connectivity index (χ1n) is 7.11. The highest BCUT2D eigenvalue weighted by molar-refractivity contribution is 6.30. The molecule has 1 heterocycles. The normalized spacial score (nSPS) is 10.9. The number of phenolic OH excluding ortho intramolecular Hbond substituents is 1. The van der Waals surface area contributed by atoms with Crippen LogP contribution in [0.3, 0.4) is 0 Å². The molecular formula is C17H16ClN3O2. The number of aromatic hydroxyl groups is 1. The molecule has 3 rings (SSSR count). The number of aromatic nitrogens is 2. The van der Waals surface area contributed by atoms with Gasteiger partial charge < -0.3 is 10.0 Å². The predicted molar refractivity (Wildman–Crippen MR) is 92.5 cm³/mol. The summed E-state index contributed by atoms with van der Waals surface area (Å²) in [4.78, 5) is 19.1. The van der Waals surface area contributed by atoms with Crippen molar-refractivity contribution in [2.24, 2.45) is 0 Å². The molecule has 1 N–H and O–H groups in total. The lowest BCUT2D eigenvalue weighted by Crippen LogP contribution is -2.28. The minimum atomic E-state index is -0.145. The van der Waals surface area contributed by atoms with Gasteiger partial charge in [0.2, 0.25) is 5.95 Å². The maximum absolute atomic E-state index is 12.8. The van der Waals surface area contributed by atoms with Crippen LogP contribution in [-0.4, -0.2) is 28.8 Å². The fourth-order valence-corrected chi connectivity index (χ4v) is 2.58. The zero-order valence-electron chi connectivity index (χ0n) is 12.8. The number of anilines is 1. The summed E-state index contributed by atoms with van der Waals surface area (Å²) in [5, 5.41) is 10.7. The van der Waals surface area contributed by atoms with Crippen LogP contribution >= 0.6 is 11.6 Å². The lowest BCUT2D eigenvalue weighted by Gasteiger charge is -2.19. The van der Waals surface area contributed by atoms with Gasteiger partial charge >= 0.3 is 0 Å². The fraction of sp³-hybridized carbons (Fsp3) is 0.176. The van der Waals surface area contributed by atoms with Gasteiger partial charge in [0.1, 0.15) is 5.75 Å². The van der Waals surface area contributed by atoms with Gasteiger partial charge in [0.15, 0.2) is 0 Å². The lowest BCUT2D eigenvalue weighted by atomic mass is 10.2. The molecule has 0 atom stereocenters. The number of hydrogen-bond acceptors (Lipinski definition) is 4. The predicted octanol–water partition coefficient (Wildman–Crippen LogP) is 2.87. The van der Waals surface area contributed by atoms with Crippen LogP contribution in [-0.2, 0) is 6.54 Å². The molecule has 0 amide bonds. The highest BCUT2D eigenvalue weighted by atomic mass is 35.5. The third kappa shape index (κ3) is 3.00. The highest BCUT2D eigenvalue weighted by Crippen LogP contribution is 2.19. The molecule has 5 nitrogen and oxygen atoms in total. The number of benzene rings is 2. The summed E-state index contributed by atoms with van der Waals surface area (Å²) in [6.07, 6.45) is 0. The van der Waals surface area contributed by atoms with Crippen LogP contribution in [0.15, 0.2) is 47.3 Å². The van der Waals surface area contributed by atoms with Crippen molar-refractivity contribution < 1.29 is 5.11 Å². The molecule has 0 aliphatic carbocycles. The van der Waals surface area contributed by atoms with Crippen LogP contribution in [0.1, 0.15) is 5.56 Å². The molecule has 0 unspecified atom stereocenters. The maximum atomic E-state index is 12.8. The number of halogens is 1. The van der Waals surface area contributed by atoms with Gasteiger partial charge in [0.05, 0.1) is 17.4 Å². The standard InChI is InChI=1S/C17H16ClN3O2/c1-20(2)17-19-15-9-13(22)7-8-14(15)16(23)21(17)10-11-3-5-12(18)6-4-11/h3-9,22H,10H2,1-2H3. The zero-order valence-corrected chi connectivity index (χ0v) is 13.6. The van der Waals surface area contributed by atoms with Crippen molar-refractivity contribution in [2.75, 3.05) is 19.0 Å². The van der Waals surface area contributed by atoms with Gasteiger partial charge in [-0.3, -0.25) is 9.36 Å². The molecule has 118 valence electrons. The third-order valence-electron chi connectivity index (χ3n) is 3.57. The zero-order chi connectivity index (χ0) is 16.6. The summed E-state index contributed by atoms with van der Waals surface area (Å²) in [5.41, 5.74) is 1.29. The van der Waals surface area contributed by atoms with E-state index in [1.165, 1.54) is 12.1 Å². The largest absolute Gasteiger partial charge is 0.508 e. The molecule has 0 saturated heterocycles. The van der Waals surface area contributed by atoms with E-state index in [9.17, 15) is 9.90 Å². The quantitative estimate of drug-likeness (QED) is 0.802. The Hall–Kier alpha value is -2.53. The van der Waals surface area contributed by atoms with E-state index >= 15 is 0 Å². The van der Waals surface area contributed by atoms with Crippen molar-refractivity contribution in [2.45, 2.75) is 6.54 Å². The number of nitrogens with zero attached hydrogens (tertiary/aromatic N) is 3. The number of rotatable bonds is 3. The molecule has 0 saturated carbocycles. The molecule has 0 fully saturated rings. The SMILES string of the molecule is CN(C)c1nc2cc(O)ccc2c(=O)n1Cc1ccc(Cl)cc1. The van der Waals surface area contributed by atoms with Crippen LogP contribution in [0.25, 0.3) is 10.9 Å². The van der Waals surface area contributed by atoms with E-state index in [4.69, 9.17) is 11.6 Å². The van der Waals surface area contributed by atoms with Crippen molar-refractivity contribution in [3.8, 4) is 5.75 Å². The molecule has 2 aromatic carbocycles. The minimum absolute atomic E-state index is 0.0876. The number of phenols is 1. The Morgan fingerprint density at radius 3 is 2.52 bits per heavy atom. The van der Waals surface area contributed by atoms with Crippen molar-refractivity contribution in [1.29, 1.82) is 0 Å². The van der Waals surface area contributed by atoms with Crippen LogP contribution in [0, 0.1) is 0 Å². The third-order valence-corrected chi connectivity index (χ3v) is 3.82. The summed E-state index contributed by atoms with van der Waals surface area (Å²) >= 11 is 5.91. The molecule has 6 heteroatoms. The fourth-order valence-electron chi connectivity index (χ4n) is 2.45. The first-order chi connectivity index (χ1) is 11.0. The first-order valence-corrected chi connectivity index (χ1v) is 7.49.